The Bertz CT molecular complexity index is 1210. The molecule has 3 heterocycles. The van der Waals surface area contributed by atoms with Crippen LogP contribution in [0.4, 0.5) is 14.5 Å². The normalized spacial score (nSPS) is 14.7. The van der Waals surface area contributed by atoms with Crippen LogP contribution in [0.5, 0.6) is 0 Å². The average molecular weight is 464 g/mol. The van der Waals surface area contributed by atoms with Gasteiger partial charge in [-0.05, 0) is 18.6 Å². The van der Waals surface area contributed by atoms with Gasteiger partial charge < -0.3 is 9.64 Å². The van der Waals surface area contributed by atoms with E-state index in [2.05, 4.69) is 20.2 Å². The van der Waals surface area contributed by atoms with E-state index in [0.29, 0.717) is 30.9 Å². The van der Waals surface area contributed by atoms with Crippen LogP contribution in [0.3, 0.4) is 0 Å². The number of hydrogen-bond donors (Lipinski definition) is 0. The molecule has 1 fully saturated rings. The van der Waals surface area contributed by atoms with Crippen molar-refractivity contribution in [2.75, 3.05) is 37.0 Å². The van der Waals surface area contributed by atoms with Gasteiger partial charge in [-0.3, -0.25) is 4.98 Å². The SMILES string of the molecule is CCCS(=O)(=O)Cc1ccc(F)c(-n2cc(-c3cncc(N4CCOCC4)c3)nn2)c1F. The minimum absolute atomic E-state index is 0.0703. The van der Waals surface area contributed by atoms with Crippen molar-refractivity contribution >= 4 is 15.5 Å². The monoisotopic (exact) mass is 463 g/mol. The van der Waals surface area contributed by atoms with Crippen molar-refractivity contribution in [2.24, 2.45) is 0 Å². The molecule has 3 aromatic rings. The Kier molecular flexibility index (Phi) is 6.47. The Morgan fingerprint density at radius 1 is 1.16 bits per heavy atom. The summed E-state index contributed by atoms with van der Waals surface area (Å²) < 4.78 is 60.2. The predicted molar refractivity (Wildman–Crippen MR) is 115 cm³/mol. The minimum Gasteiger partial charge on any atom is -0.378 e. The van der Waals surface area contributed by atoms with Gasteiger partial charge in [0.2, 0.25) is 0 Å². The maximum atomic E-state index is 15.1. The highest BCUT2D eigenvalue weighted by Crippen LogP contribution is 2.26. The Hall–Kier alpha value is -2.92. The Morgan fingerprint density at radius 3 is 2.69 bits per heavy atom. The molecular weight excluding hydrogens is 440 g/mol. The molecule has 170 valence electrons. The summed E-state index contributed by atoms with van der Waals surface area (Å²) in [6.45, 7) is 4.46. The topological polar surface area (TPSA) is 90.2 Å². The van der Waals surface area contributed by atoms with Crippen LogP contribution >= 0.6 is 0 Å². The lowest BCUT2D eigenvalue weighted by atomic mass is 10.2. The van der Waals surface area contributed by atoms with Crippen LogP contribution in [0.1, 0.15) is 18.9 Å². The molecule has 11 heteroatoms. The number of benzene rings is 1. The highest BCUT2D eigenvalue weighted by Gasteiger charge is 2.21. The first kappa shape index (κ1) is 22.3. The Morgan fingerprint density at radius 2 is 1.94 bits per heavy atom. The highest BCUT2D eigenvalue weighted by molar-refractivity contribution is 7.90. The molecule has 0 unspecified atom stereocenters. The maximum Gasteiger partial charge on any atom is 0.156 e. The van der Waals surface area contributed by atoms with Gasteiger partial charge in [0.05, 0.1) is 42.8 Å². The van der Waals surface area contributed by atoms with E-state index < -0.39 is 32.9 Å². The van der Waals surface area contributed by atoms with Crippen molar-refractivity contribution in [1.82, 2.24) is 20.0 Å². The smallest absolute Gasteiger partial charge is 0.156 e. The van der Waals surface area contributed by atoms with Gasteiger partial charge in [-0.1, -0.05) is 18.2 Å². The van der Waals surface area contributed by atoms with Crippen LogP contribution in [0.25, 0.3) is 16.9 Å². The van der Waals surface area contributed by atoms with Crippen LogP contribution in [0, 0.1) is 11.6 Å². The zero-order chi connectivity index (χ0) is 22.7. The number of pyridine rings is 1. The van der Waals surface area contributed by atoms with Crippen LogP contribution in [0.2, 0.25) is 0 Å². The molecule has 8 nitrogen and oxygen atoms in total. The van der Waals surface area contributed by atoms with Crippen LogP contribution in [-0.4, -0.2) is 60.5 Å². The summed E-state index contributed by atoms with van der Waals surface area (Å²) in [7, 11) is -3.50. The average Bonchev–Trinajstić information content (AvgIpc) is 3.26. The Labute approximate surface area is 184 Å². The summed E-state index contributed by atoms with van der Waals surface area (Å²) in [6.07, 6.45) is 5.14. The minimum atomic E-state index is -3.50. The molecule has 1 aliphatic rings. The zero-order valence-corrected chi connectivity index (χ0v) is 18.4. The highest BCUT2D eigenvalue weighted by atomic mass is 32.2. The number of sulfone groups is 1. The number of nitrogens with zero attached hydrogens (tertiary/aromatic N) is 5. The molecule has 1 aliphatic heterocycles. The molecule has 0 aliphatic carbocycles. The molecule has 4 rings (SSSR count). The van der Waals surface area contributed by atoms with Gasteiger partial charge in [-0.15, -0.1) is 5.10 Å². The number of aromatic nitrogens is 4. The second kappa shape index (κ2) is 9.29. The van der Waals surface area contributed by atoms with E-state index in [4.69, 9.17) is 4.74 Å². The van der Waals surface area contributed by atoms with E-state index in [-0.39, 0.29) is 11.3 Å². The van der Waals surface area contributed by atoms with Gasteiger partial charge in [0, 0.05) is 30.4 Å². The van der Waals surface area contributed by atoms with E-state index in [1.54, 1.807) is 19.3 Å². The first-order valence-electron chi connectivity index (χ1n) is 10.3. The van der Waals surface area contributed by atoms with Gasteiger partial charge in [-0.2, -0.15) is 0 Å². The van der Waals surface area contributed by atoms with Gasteiger partial charge in [0.15, 0.2) is 21.5 Å². The first-order valence-corrected chi connectivity index (χ1v) is 12.1. The van der Waals surface area contributed by atoms with E-state index in [1.807, 2.05) is 6.07 Å². The molecule has 1 saturated heterocycles. The lowest BCUT2D eigenvalue weighted by Crippen LogP contribution is -2.36. The van der Waals surface area contributed by atoms with Crippen molar-refractivity contribution in [2.45, 2.75) is 19.1 Å². The fourth-order valence-corrected chi connectivity index (χ4v) is 5.06. The maximum absolute atomic E-state index is 15.1. The van der Waals surface area contributed by atoms with E-state index in [0.717, 1.165) is 35.6 Å². The molecule has 32 heavy (non-hydrogen) atoms. The van der Waals surface area contributed by atoms with Crippen LogP contribution in [-0.2, 0) is 20.3 Å². The number of rotatable bonds is 7. The predicted octanol–water partition coefficient (Wildman–Crippen LogP) is 2.77. The number of morpholine rings is 1. The molecular formula is C21H23F2N5O3S. The lowest BCUT2D eigenvalue weighted by molar-refractivity contribution is 0.122. The summed E-state index contributed by atoms with van der Waals surface area (Å²) >= 11 is 0. The molecule has 0 atom stereocenters. The summed E-state index contributed by atoms with van der Waals surface area (Å²) in [4.78, 5) is 6.38. The molecule has 0 bridgehead atoms. The molecule has 0 radical (unpaired) electrons. The van der Waals surface area contributed by atoms with Crippen molar-refractivity contribution in [3.63, 3.8) is 0 Å². The van der Waals surface area contributed by atoms with Gasteiger partial charge in [-0.25, -0.2) is 21.9 Å². The molecule has 0 spiro atoms. The van der Waals surface area contributed by atoms with Crippen molar-refractivity contribution in [3.8, 4) is 16.9 Å². The van der Waals surface area contributed by atoms with Gasteiger partial charge in [0.1, 0.15) is 11.4 Å². The third-order valence-electron chi connectivity index (χ3n) is 5.16. The second-order valence-corrected chi connectivity index (χ2v) is 9.72. The quantitative estimate of drug-likeness (QED) is 0.532. The van der Waals surface area contributed by atoms with Gasteiger partial charge >= 0.3 is 0 Å². The van der Waals surface area contributed by atoms with Crippen molar-refractivity contribution in [3.05, 3.63) is 54.0 Å². The third-order valence-corrected chi connectivity index (χ3v) is 6.94. The molecule has 0 N–H and O–H groups in total. The molecule has 0 amide bonds. The zero-order valence-electron chi connectivity index (χ0n) is 17.5. The Balaban J connectivity index is 1.65. The van der Waals surface area contributed by atoms with E-state index in [9.17, 15) is 12.8 Å². The lowest BCUT2D eigenvalue weighted by Gasteiger charge is -2.28. The molecule has 2 aromatic heterocycles. The van der Waals surface area contributed by atoms with Crippen LogP contribution in [0.15, 0.2) is 36.8 Å². The molecule has 0 saturated carbocycles. The van der Waals surface area contributed by atoms with Gasteiger partial charge in [0.25, 0.3) is 0 Å². The summed E-state index contributed by atoms with van der Waals surface area (Å²) in [5.74, 6) is -2.41. The van der Waals surface area contributed by atoms with Crippen molar-refractivity contribution in [1.29, 1.82) is 0 Å². The number of hydrogen-bond acceptors (Lipinski definition) is 7. The van der Waals surface area contributed by atoms with Crippen LogP contribution < -0.4 is 4.90 Å². The molecule has 1 aromatic carbocycles. The summed E-state index contributed by atoms with van der Waals surface area (Å²) in [6, 6.07) is 4.07. The van der Waals surface area contributed by atoms with E-state index >= 15 is 4.39 Å². The largest absolute Gasteiger partial charge is 0.378 e. The van der Waals surface area contributed by atoms with Crippen molar-refractivity contribution < 1.29 is 21.9 Å². The number of anilines is 1. The number of halogens is 2. The second-order valence-electron chi connectivity index (χ2n) is 7.54. The fourth-order valence-electron chi connectivity index (χ4n) is 3.59. The first-order chi connectivity index (χ1) is 15.4. The fraction of sp³-hybridized carbons (Fsp3) is 0.381. The van der Waals surface area contributed by atoms with E-state index in [1.165, 1.54) is 6.20 Å². The summed E-state index contributed by atoms with van der Waals surface area (Å²) in [5.41, 5.74) is 1.34. The standard InChI is InChI=1S/C21H23F2N5O3S/c1-2-9-32(29,30)14-15-3-4-18(22)21(20(15)23)28-13-19(25-26-28)16-10-17(12-24-11-16)27-5-7-31-8-6-27/h3-4,10-13H,2,5-9,14H2,1H3. The summed E-state index contributed by atoms with van der Waals surface area (Å²) in [5, 5.41) is 7.92. The third kappa shape index (κ3) is 4.78. The number of ether oxygens (including phenoxy) is 1.